The highest BCUT2D eigenvalue weighted by atomic mass is 35.5. The second kappa shape index (κ2) is 8.44. The van der Waals surface area contributed by atoms with Crippen molar-refractivity contribution in [3.8, 4) is 0 Å². The third-order valence-corrected chi connectivity index (χ3v) is 4.92. The molecular formula is C21H22ClN3O3. The predicted octanol–water partition coefficient (Wildman–Crippen LogP) is 3.79. The van der Waals surface area contributed by atoms with Gasteiger partial charge in [0.1, 0.15) is 0 Å². The molecule has 2 aromatic rings. The van der Waals surface area contributed by atoms with Crippen LogP contribution in [0.3, 0.4) is 0 Å². The van der Waals surface area contributed by atoms with Crippen LogP contribution in [-0.4, -0.2) is 35.2 Å². The van der Waals surface area contributed by atoms with Gasteiger partial charge in [-0.3, -0.25) is 14.4 Å². The number of likely N-dealkylation sites (tertiary alicyclic amines) is 1. The van der Waals surface area contributed by atoms with E-state index in [0.717, 1.165) is 0 Å². The van der Waals surface area contributed by atoms with Crippen LogP contribution in [0.25, 0.3) is 0 Å². The molecule has 6 nitrogen and oxygen atoms in total. The van der Waals surface area contributed by atoms with Gasteiger partial charge in [-0.2, -0.15) is 0 Å². The van der Waals surface area contributed by atoms with Crippen molar-refractivity contribution in [1.82, 2.24) is 4.90 Å². The number of rotatable bonds is 5. The summed E-state index contributed by atoms with van der Waals surface area (Å²) in [5.74, 6) is -0.795. The van der Waals surface area contributed by atoms with Gasteiger partial charge >= 0.3 is 0 Å². The smallest absolute Gasteiger partial charge is 0.255 e. The third-order valence-electron chi connectivity index (χ3n) is 4.67. The minimum atomic E-state index is -0.359. The molecule has 146 valence electrons. The van der Waals surface area contributed by atoms with Gasteiger partial charge in [-0.1, -0.05) is 11.6 Å². The lowest BCUT2D eigenvalue weighted by atomic mass is 10.1. The number of halogens is 1. The van der Waals surface area contributed by atoms with Crippen LogP contribution >= 0.6 is 11.6 Å². The van der Waals surface area contributed by atoms with Gasteiger partial charge in [0.25, 0.3) is 5.91 Å². The Morgan fingerprint density at radius 2 is 1.57 bits per heavy atom. The Balaban J connectivity index is 1.58. The standard InChI is InChI=1S/C21H22ClN3O3/c1-13(2)25-12-15(11-19(25)26)21(28)24-17-7-3-14(4-8-17)20(27)23-18-9-5-16(22)6-10-18/h3-10,13,15H,11-12H2,1-2H3,(H,23,27)(H,24,28). The van der Waals surface area contributed by atoms with Crippen molar-refractivity contribution in [2.24, 2.45) is 5.92 Å². The lowest BCUT2D eigenvalue weighted by Gasteiger charge is -2.20. The Kier molecular flexibility index (Phi) is 5.99. The second-order valence-electron chi connectivity index (χ2n) is 7.07. The van der Waals surface area contributed by atoms with Crippen LogP contribution in [0.4, 0.5) is 11.4 Å². The molecule has 1 unspecified atom stereocenters. The number of nitrogens with zero attached hydrogens (tertiary/aromatic N) is 1. The van der Waals surface area contributed by atoms with Crippen LogP contribution in [-0.2, 0) is 9.59 Å². The Morgan fingerprint density at radius 1 is 1.00 bits per heavy atom. The van der Waals surface area contributed by atoms with Gasteiger partial charge in [-0.15, -0.1) is 0 Å². The highest BCUT2D eigenvalue weighted by Crippen LogP contribution is 2.22. The molecule has 2 aromatic carbocycles. The summed E-state index contributed by atoms with van der Waals surface area (Å²) >= 11 is 5.83. The predicted molar refractivity (Wildman–Crippen MR) is 109 cm³/mol. The van der Waals surface area contributed by atoms with Crippen LogP contribution in [0.1, 0.15) is 30.6 Å². The van der Waals surface area contributed by atoms with Gasteiger partial charge < -0.3 is 15.5 Å². The first kappa shape index (κ1) is 19.9. The Hall–Kier alpha value is -2.86. The van der Waals surface area contributed by atoms with Crippen molar-refractivity contribution in [1.29, 1.82) is 0 Å². The Bertz CT molecular complexity index is 879. The summed E-state index contributed by atoms with van der Waals surface area (Å²) in [5, 5.41) is 6.20. The molecular weight excluding hydrogens is 378 g/mol. The van der Waals surface area contributed by atoms with Crippen molar-refractivity contribution in [3.63, 3.8) is 0 Å². The fourth-order valence-corrected chi connectivity index (χ4v) is 3.22. The molecule has 1 aliphatic heterocycles. The molecule has 3 amide bonds. The maximum absolute atomic E-state index is 12.4. The van der Waals surface area contributed by atoms with Crippen molar-refractivity contribution >= 4 is 40.7 Å². The fraction of sp³-hybridized carbons (Fsp3) is 0.286. The molecule has 7 heteroatoms. The van der Waals surface area contributed by atoms with E-state index in [9.17, 15) is 14.4 Å². The van der Waals surface area contributed by atoms with E-state index in [1.54, 1.807) is 53.4 Å². The lowest BCUT2D eigenvalue weighted by Crippen LogP contribution is -2.33. The maximum atomic E-state index is 12.4. The zero-order chi connectivity index (χ0) is 20.3. The van der Waals surface area contributed by atoms with E-state index >= 15 is 0 Å². The van der Waals surface area contributed by atoms with Gasteiger partial charge in [-0.25, -0.2) is 0 Å². The van der Waals surface area contributed by atoms with Crippen LogP contribution < -0.4 is 10.6 Å². The Labute approximate surface area is 168 Å². The maximum Gasteiger partial charge on any atom is 0.255 e. The van der Waals surface area contributed by atoms with Gasteiger partial charge in [0.15, 0.2) is 0 Å². The van der Waals surface area contributed by atoms with Gasteiger partial charge in [-0.05, 0) is 62.4 Å². The van der Waals surface area contributed by atoms with Gasteiger partial charge in [0.2, 0.25) is 11.8 Å². The molecule has 0 aromatic heterocycles. The number of amides is 3. The summed E-state index contributed by atoms with van der Waals surface area (Å²) in [4.78, 5) is 38.4. The monoisotopic (exact) mass is 399 g/mol. The number of carbonyl (C=O) groups is 3. The summed E-state index contributed by atoms with van der Waals surface area (Å²) in [6, 6.07) is 13.5. The first-order valence-electron chi connectivity index (χ1n) is 9.11. The van der Waals surface area contributed by atoms with Crippen molar-refractivity contribution < 1.29 is 14.4 Å². The molecule has 1 saturated heterocycles. The number of hydrogen-bond acceptors (Lipinski definition) is 3. The molecule has 0 radical (unpaired) electrons. The molecule has 3 rings (SSSR count). The summed E-state index contributed by atoms with van der Waals surface area (Å²) < 4.78 is 0. The molecule has 0 saturated carbocycles. The largest absolute Gasteiger partial charge is 0.339 e. The number of anilines is 2. The van der Waals surface area contributed by atoms with E-state index in [1.165, 1.54) is 0 Å². The highest BCUT2D eigenvalue weighted by molar-refractivity contribution is 6.30. The number of nitrogens with one attached hydrogen (secondary N) is 2. The minimum Gasteiger partial charge on any atom is -0.339 e. The summed E-state index contributed by atoms with van der Waals surface area (Å²) in [7, 11) is 0. The number of hydrogen-bond donors (Lipinski definition) is 2. The first-order chi connectivity index (χ1) is 13.3. The van der Waals surface area contributed by atoms with Crippen LogP contribution in [0.5, 0.6) is 0 Å². The third kappa shape index (κ3) is 4.70. The second-order valence-corrected chi connectivity index (χ2v) is 7.50. The zero-order valence-electron chi connectivity index (χ0n) is 15.7. The summed E-state index contributed by atoms with van der Waals surface area (Å²) in [6.07, 6.45) is 0.228. The van der Waals surface area contributed by atoms with E-state index in [2.05, 4.69) is 10.6 Å². The normalized spacial score (nSPS) is 16.4. The average Bonchev–Trinajstić information content (AvgIpc) is 3.06. The quantitative estimate of drug-likeness (QED) is 0.802. The number of benzene rings is 2. The Morgan fingerprint density at radius 3 is 2.14 bits per heavy atom. The number of carbonyl (C=O) groups excluding carboxylic acids is 3. The van der Waals surface area contributed by atoms with E-state index in [0.29, 0.717) is 28.5 Å². The van der Waals surface area contributed by atoms with Crippen LogP contribution in [0.15, 0.2) is 48.5 Å². The molecule has 1 fully saturated rings. The fourth-order valence-electron chi connectivity index (χ4n) is 3.09. The molecule has 1 heterocycles. The zero-order valence-corrected chi connectivity index (χ0v) is 16.5. The molecule has 1 atom stereocenters. The van der Waals surface area contributed by atoms with Gasteiger partial charge in [0, 0.05) is 41.0 Å². The minimum absolute atomic E-state index is 0.00404. The molecule has 0 aliphatic carbocycles. The van der Waals surface area contributed by atoms with E-state index in [-0.39, 0.29) is 36.1 Å². The van der Waals surface area contributed by atoms with Crippen LogP contribution in [0.2, 0.25) is 5.02 Å². The molecule has 0 spiro atoms. The van der Waals surface area contributed by atoms with Crippen molar-refractivity contribution in [2.75, 3.05) is 17.2 Å². The molecule has 0 bridgehead atoms. The molecule has 1 aliphatic rings. The topological polar surface area (TPSA) is 78.5 Å². The average molecular weight is 400 g/mol. The molecule has 2 N–H and O–H groups in total. The van der Waals surface area contributed by atoms with Crippen LogP contribution in [0, 0.1) is 5.92 Å². The first-order valence-corrected chi connectivity index (χ1v) is 9.48. The van der Waals surface area contributed by atoms with Crippen molar-refractivity contribution in [3.05, 3.63) is 59.1 Å². The highest BCUT2D eigenvalue weighted by Gasteiger charge is 2.35. The molecule has 28 heavy (non-hydrogen) atoms. The van der Waals surface area contributed by atoms with E-state index in [1.807, 2.05) is 13.8 Å². The van der Waals surface area contributed by atoms with Gasteiger partial charge in [0.05, 0.1) is 5.92 Å². The van der Waals surface area contributed by atoms with E-state index in [4.69, 9.17) is 11.6 Å². The lowest BCUT2D eigenvalue weighted by molar-refractivity contribution is -0.129. The summed E-state index contributed by atoms with van der Waals surface area (Å²) in [5.41, 5.74) is 1.70. The summed E-state index contributed by atoms with van der Waals surface area (Å²) in [6.45, 7) is 4.31. The van der Waals surface area contributed by atoms with Crippen molar-refractivity contribution in [2.45, 2.75) is 26.3 Å². The SMILES string of the molecule is CC(C)N1CC(C(=O)Nc2ccc(C(=O)Nc3ccc(Cl)cc3)cc2)CC1=O. The van der Waals surface area contributed by atoms with E-state index < -0.39 is 0 Å².